The van der Waals surface area contributed by atoms with Crippen molar-refractivity contribution in [3.05, 3.63) is 23.2 Å². The van der Waals surface area contributed by atoms with Gasteiger partial charge >= 0.3 is 0 Å². The van der Waals surface area contributed by atoms with Crippen molar-refractivity contribution in [3.8, 4) is 0 Å². The maximum absolute atomic E-state index is 12.9. The minimum atomic E-state index is -0.988. The molecule has 3 N–H and O–H groups in total. The third-order valence-electron chi connectivity index (χ3n) is 5.05. The summed E-state index contributed by atoms with van der Waals surface area (Å²) in [4.78, 5) is 38.2. The summed E-state index contributed by atoms with van der Waals surface area (Å²) >= 11 is 7.42. The molecule has 2 fully saturated rings. The molecular formula is C16H16ClN3O3S. The van der Waals surface area contributed by atoms with Crippen molar-refractivity contribution in [2.45, 2.75) is 35.4 Å². The number of rotatable bonds is 4. The molecule has 126 valence electrons. The number of halogens is 1. The Labute approximate surface area is 148 Å². The molecule has 1 atom stereocenters. The molecule has 1 aromatic carbocycles. The monoisotopic (exact) mass is 365 g/mol. The number of carbonyl (C=O) groups excluding carboxylic acids is 3. The summed E-state index contributed by atoms with van der Waals surface area (Å²) in [7, 11) is 0. The van der Waals surface area contributed by atoms with Gasteiger partial charge in [0, 0.05) is 22.9 Å². The van der Waals surface area contributed by atoms with Crippen LogP contribution in [0, 0.1) is 5.41 Å². The van der Waals surface area contributed by atoms with Crippen molar-refractivity contribution >= 4 is 46.8 Å². The van der Waals surface area contributed by atoms with Crippen LogP contribution in [0.4, 0.5) is 5.69 Å². The molecule has 3 amide bonds. The van der Waals surface area contributed by atoms with Gasteiger partial charge in [-0.2, -0.15) is 0 Å². The SMILES string of the molecule is NC(=O)C1(CNC(=O)C23CCC(=O)N2c2cc(Cl)ccc2S3)CC1. The molecule has 1 saturated heterocycles. The first-order chi connectivity index (χ1) is 11.4. The first kappa shape index (κ1) is 15.8. The van der Waals surface area contributed by atoms with E-state index in [1.54, 1.807) is 17.0 Å². The van der Waals surface area contributed by atoms with Gasteiger partial charge in [-0.1, -0.05) is 23.4 Å². The highest BCUT2D eigenvalue weighted by Crippen LogP contribution is 2.56. The topological polar surface area (TPSA) is 92.5 Å². The van der Waals surface area contributed by atoms with E-state index in [4.69, 9.17) is 17.3 Å². The fraction of sp³-hybridized carbons (Fsp3) is 0.438. The Bertz CT molecular complexity index is 780. The van der Waals surface area contributed by atoms with Crippen molar-refractivity contribution < 1.29 is 14.4 Å². The molecule has 3 aliphatic rings. The number of nitrogens with two attached hydrogens (primary N) is 1. The number of anilines is 1. The summed E-state index contributed by atoms with van der Waals surface area (Å²) in [6, 6.07) is 5.29. The summed E-state index contributed by atoms with van der Waals surface area (Å²) in [6.07, 6.45) is 2.13. The number of thioether (sulfide) groups is 1. The van der Waals surface area contributed by atoms with Crippen molar-refractivity contribution in [1.29, 1.82) is 0 Å². The second-order valence-corrected chi connectivity index (χ2v) is 8.31. The highest BCUT2D eigenvalue weighted by Gasteiger charge is 2.58. The zero-order valence-corrected chi connectivity index (χ0v) is 14.4. The molecule has 0 spiro atoms. The smallest absolute Gasteiger partial charge is 0.257 e. The molecular weight excluding hydrogens is 350 g/mol. The molecule has 1 aliphatic carbocycles. The average molecular weight is 366 g/mol. The molecule has 1 unspecified atom stereocenters. The predicted molar refractivity (Wildman–Crippen MR) is 90.6 cm³/mol. The zero-order valence-electron chi connectivity index (χ0n) is 12.8. The van der Waals surface area contributed by atoms with Crippen molar-refractivity contribution in [3.63, 3.8) is 0 Å². The lowest BCUT2D eigenvalue weighted by atomic mass is 10.1. The van der Waals surface area contributed by atoms with Crippen LogP contribution in [0.1, 0.15) is 25.7 Å². The fourth-order valence-corrected chi connectivity index (χ4v) is 4.95. The Morgan fingerprint density at radius 3 is 2.75 bits per heavy atom. The lowest BCUT2D eigenvalue weighted by Crippen LogP contribution is -2.54. The van der Waals surface area contributed by atoms with Gasteiger partial charge in [0.25, 0.3) is 5.91 Å². The van der Waals surface area contributed by atoms with E-state index in [9.17, 15) is 14.4 Å². The molecule has 6 nitrogen and oxygen atoms in total. The van der Waals surface area contributed by atoms with Crippen molar-refractivity contribution in [1.82, 2.24) is 5.32 Å². The van der Waals surface area contributed by atoms with E-state index in [0.29, 0.717) is 36.4 Å². The predicted octanol–water partition coefficient (Wildman–Crippen LogP) is 1.65. The lowest BCUT2D eigenvalue weighted by molar-refractivity contribution is -0.126. The molecule has 0 radical (unpaired) electrons. The van der Waals surface area contributed by atoms with Crippen molar-refractivity contribution in [2.24, 2.45) is 11.1 Å². The van der Waals surface area contributed by atoms with Crippen LogP contribution in [0.15, 0.2) is 23.1 Å². The standard InChI is InChI=1S/C16H16ClN3O3S/c17-9-1-2-11-10(7-9)20-12(21)3-4-16(20,24-11)14(23)19-8-15(5-6-15)13(18)22/h1-2,7H,3-6,8H2,(H2,18,22)(H,19,23). The van der Waals surface area contributed by atoms with Crippen molar-refractivity contribution in [2.75, 3.05) is 11.4 Å². The van der Waals surface area contributed by atoms with Crippen LogP contribution < -0.4 is 16.0 Å². The van der Waals surface area contributed by atoms with Gasteiger partial charge < -0.3 is 11.1 Å². The van der Waals surface area contributed by atoms with E-state index in [1.165, 1.54) is 11.8 Å². The molecule has 0 aromatic heterocycles. The second kappa shape index (κ2) is 5.13. The Hall–Kier alpha value is -1.73. The number of amides is 3. The average Bonchev–Trinajstić information content (AvgIpc) is 3.17. The summed E-state index contributed by atoms with van der Waals surface area (Å²) in [5.41, 5.74) is 5.48. The van der Waals surface area contributed by atoms with E-state index in [1.807, 2.05) is 6.07 Å². The minimum absolute atomic E-state index is 0.0882. The zero-order chi connectivity index (χ0) is 17.1. The number of nitrogens with zero attached hydrogens (tertiary/aromatic N) is 1. The molecule has 1 aromatic rings. The van der Waals surface area contributed by atoms with Crippen LogP contribution >= 0.6 is 23.4 Å². The highest BCUT2D eigenvalue weighted by molar-refractivity contribution is 8.02. The lowest BCUT2D eigenvalue weighted by Gasteiger charge is -2.30. The Balaban J connectivity index is 1.61. The van der Waals surface area contributed by atoms with Gasteiger partial charge in [-0.25, -0.2) is 0 Å². The Morgan fingerprint density at radius 1 is 1.33 bits per heavy atom. The number of fused-ring (bicyclic) bond motifs is 3. The van der Waals surface area contributed by atoms with Gasteiger partial charge in [-0.15, -0.1) is 0 Å². The molecule has 24 heavy (non-hydrogen) atoms. The number of carbonyl (C=O) groups is 3. The van der Waals surface area contributed by atoms with Crippen LogP contribution in [-0.4, -0.2) is 29.1 Å². The van der Waals surface area contributed by atoms with E-state index in [-0.39, 0.29) is 24.3 Å². The van der Waals surface area contributed by atoms with E-state index in [0.717, 1.165) is 4.90 Å². The van der Waals surface area contributed by atoms with E-state index >= 15 is 0 Å². The Morgan fingerprint density at radius 2 is 2.08 bits per heavy atom. The largest absolute Gasteiger partial charge is 0.369 e. The number of hydrogen-bond acceptors (Lipinski definition) is 4. The molecule has 4 rings (SSSR count). The molecule has 2 heterocycles. The summed E-state index contributed by atoms with van der Waals surface area (Å²) < 4.78 is 0. The van der Waals surface area contributed by atoms with Gasteiger partial charge in [-0.05, 0) is 37.5 Å². The van der Waals surface area contributed by atoms with Crippen LogP contribution in [0.5, 0.6) is 0 Å². The third kappa shape index (κ3) is 2.14. The number of primary amides is 1. The van der Waals surface area contributed by atoms with E-state index < -0.39 is 10.3 Å². The molecule has 8 heteroatoms. The van der Waals surface area contributed by atoms with Crippen LogP contribution in [0.3, 0.4) is 0 Å². The second-order valence-electron chi connectivity index (χ2n) is 6.55. The molecule has 1 saturated carbocycles. The van der Waals surface area contributed by atoms with Crippen LogP contribution in [0.2, 0.25) is 5.02 Å². The summed E-state index contributed by atoms with van der Waals surface area (Å²) in [6.45, 7) is 0.225. The first-order valence-electron chi connectivity index (χ1n) is 7.78. The van der Waals surface area contributed by atoms with Gasteiger partial charge in [0.15, 0.2) is 4.87 Å². The number of hydrogen-bond donors (Lipinski definition) is 2. The molecule has 0 bridgehead atoms. The molecule has 2 aliphatic heterocycles. The van der Waals surface area contributed by atoms with Gasteiger partial charge in [0.1, 0.15) is 0 Å². The quantitative estimate of drug-likeness (QED) is 0.848. The number of nitrogens with one attached hydrogen (secondary N) is 1. The maximum atomic E-state index is 12.9. The van der Waals surface area contributed by atoms with Crippen LogP contribution in [-0.2, 0) is 14.4 Å². The van der Waals surface area contributed by atoms with Gasteiger partial charge in [0.2, 0.25) is 11.8 Å². The van der Waals surface area contributed by atoms with Crippen LogP contribution in [0.25, 0.3) is 0 Å². The first-order valence-corrected chi connectivity index (χ1v) is 8.97. The fourth-order valence-electron chi connectivity index (χ4n) is 3.37. The summed E-state index contributed by atoms with van der Waals surface area (Å²) in [5.74, 6) is -0.721. The summed E-state index contributed by atoms with van der Waals surface area (Å²) in [5, 5.41) is 3.38. The third-order valence-corrected chi connectivity index (χ3v) is 6.76. The Kier molecular flexibility index (Phi) is 3.37. The van der Waals surface area contributed by atoms with Gasteiger partial charge in [-0.3, -0.25) is 19.3 Å². The number of benzene rings is 1. The highest BCUT2D eigenvalue weighted by atomic mass is 35.5. The van der Waals surface area contributed by atoms with E-state index in [2.05, 4.69) is 5.32 Å². The minimum Gasteiger partial charge on any atom is -0.369 e. The van der Waals surface area contributed by atoms with Gasteiger partial charge in [0.05, 0.1) is 11.1 Å². The normalized spacial score (nSPS) is 26.0. The maximum Gasteiger partial charge on any atom is 0.257 e.